The third kappa shape index (κ3) is 5.16. The lowest BCUT2D eigenvalue weighted by Gasteiger charge is -2.08. The second kappa shape index (κ2) is 8.47. The molecule has 3 nitrogen and oxygen atoms in total. The van der Waals surface area contributed by atoms with Crippen LogP contribution in [0.2, 0.25) is 0 Å². The van der Waals surface area contributed by atoms with Crippen molar-refractivity contribution in [2.24, 2.45) is 0 Å². The van der Waals surface area contributed by atoms with Crippen LogP contribution in [0.5, 0.6) is 5.75 Å². The van der Waals surface area contributed by atoms with Gasteiger partial charge >= 0.3 is 5.97 Å². The van der Waals surface area contributed by atoms with Crippen LogP contribution in [0.4, 0.5) is 8.78 Å². The molecule has 0 amide bonds. The first-order valence-electron chi connectivity index (χ1n) is 7.96. The second-order valence-corrected chi connectivity index (χ2v) is 6.75. The van der Waals surface area contributed by atoms with Gasteiger partial charge in [0.15, 0.2) is 0 Å². The Morgan fingerprint density at radius 2 is 1.67 bits per heavy atom. The molecule has 0 unspecified atom stereocenters. The molecule has 3 rings (SSSR count). The van der Waals surface area contributed by atoms with Crippen molar-refractivity contribution in [3.8, 4) is 11.8 Å². The van der Waals surface area contributed by atoms with Crippen molar-refractivity contribution >= 4 is 17.7 Å². The lowest BCUT2D eigenvalue weighted by molar-refractivity contribution is -0.133. The first kappa shape index (κ1) is 18.6. The van der Waals surface area contributed by atoms with Crippen LogP contribution in [-0.4, -0.2) is 5.97 Å². The van der Waals surface area contributed by atoms with Crippen molar-refractivity contribution in [1.29, 1.82) is 5.26 Å². The smallest absolute Gasteiger partial charge is 0.315 e. The molecule has 0 spiro atoms. The van der Waals surface area contributed by atoms with Gasteiger partial charge in [0.1, 0.15) is 17.4 Å². The van der Waals surface area contributed by atoms with E-state index in [0.717, 1.165) is 17.8 Å². The molecule has 0 aromatic heterocycles. The standard InChI is InChI=1S/C21H13F2NO2S/c22-16-10-17(23)12-20(11-16)27-19-7-6-14(15(8-19)13-24)9-21(25)26-18-4-2-1-3-5-18/h1-8,10-12H,9H2. The quantitative estimate of drug-likeness (QED) is 0.454. The fraction of sp³-hybridized carbons (Fsp3) is 0.0476. The Morgan fingerprint density at radius 3 is 2.33 bits per heavy atom. The molecule has 134 valence electrons. The first-order chi connectivity index (χ1) is 13.0. The fourth-order valence-electron chi connectivity index (χ4n) is 2.41. The molecule has 0 aliphatic heterocycles. The van der Waals surface area contributed by atoms with Gasteiger partial charge in [-0.05, 0) is 42.0 Å². The average Bonchev–Trinajstić information content (AvgIpc) is 2.63. The number of carbonyl (C=O) groups is 1. The van der Waals surface area contributed by atoms with E-state index in [1.54, 1.807) is 42.5 Å². The normalized spacial score (nSPS) is 10.3. The fourth-order valence-corrected chi connectivity index (χ4v) is 3.34. The minimum atomic E-state index is -0.668. The van der Waals surface area contributed by atoms with Crippen molar-refractivity contribution in [3.05, 3.63) is 89.5 Å². The van der Waals surface area contributed by atoms with Crippen LogP contribution in [0.15, 0.2) is 76.5 Å². The third-order valence-electron chi connectivity index (χ3n) is 3.58. The Balaban J connectivity index is 1.74. The molecule has 0 aliphatic carbocycles. The summed E-state index contributed by atoms with van der Waals surface area (Å²) >= 11 is 1.13. The number of hydrogen-bond acceptors (Lipinski definition) is 4. The minimum Gasteiger partial charge on any atom is -0.426 e. The highest BCUT2D eigenvalue weighted by Crippen LogP contribution is 2.30. The topological polar surface area (TPSA) is 50.1 Å². The van der Waals surface area contributed by atoms with Gasteiger partial charge in [-0.25, -0.2) is 8.78 Å². The number of carbonyl (C=O) groups excluding carboxylic acids is 1. The number of halogens is 2. The van der Waals surface area contributed by atoms with E-state index >= 15 is 0 Å². The summed E-state index contributed by atoms with van der Waals surface area (Å²) in [5.41, 5.74) is 0.829. The minimum absolute atomic E-state index is 0.0582. The van der Waals surface area contributed by atoms with E-state index in [2.05, 4.69) is 0 Å². The van der Waals surface area contributed by atoms with Crippen molar-refractivity contribution in [1.82, 2.24) is 0 Å². The maximum Gasteiger partial charge on any atom is 0.315 e. The van der Waals surface area contributed by atoms with Gasteiger partial charge in [0.25, 0.3) is 0 Å². The summed E-state index contributed by atoms with van der Waals surface area (Å²) < 4.78 is 31.8. The van der Waals surface area contributed by atoms with E-state index in [1.807, 2.05) is 12.1 Å². The largest absolute Gasteiger partial charge is 0.426 e. The molecule has 27 heavy (non-hydrogen) atoms. The van der Waals surface area contributed by atoms with Crippen molar-refractivity contribution in [2.45, 2.75) is 16.2 Å². The summed E-state index contributed by atoms with van der Waals surface area (Å²) in [6.07, 6.45) is -0.0582. The summed E-state index contributed by atoms with van der Waals surface area (Å²) in [6, 6.07) is 18.8. The van der Waals surface area contributed by atoms with Crippen molar-refractivity contribution < 1.29 is 18.3 Å². The van der Waals surface area contributed by atoms with Gasteiger partial charge in [-0.2, -0.15) is 5.26 Å². The van der Waals surface area contributed by atoms with Crippen LogP contribution in [-0.2, 0) is 11.2 Å². The molecule has 0 N–H and O–H groups in total. The Bertz CT molecular complexity index is 996. The summed E-state index contributed by atoms with van der Waals surface area (Å²) in [4.78, 5) is 13.1. The van der Waals surface area contributed by atoms with Crippen LogP contribution in [0.1, 0.15) is 11.1 Å². The maximum atomic E-state index is 13.3. The molecule has 0 atom stereocenters. The predicted molar refractivity (Wildman–Crippen MR) is 97.4 cm³/mol. The molecule has 0 bridgehead atoms. The molecule has 3 aromatic rings. The molecule has 6 heteroatoms. The summed E-state index contributed by atoms with van der Waals surface area (Å²) in [7, 11) is 0. The molecule has 0 saturated carbocycles. The van der Waals surface area contributed by atoms with Crippen LogP contribution < -0.4 is 4.74 Å². The van der Waals surface area contributed by atoms with Gasteiger partial charge in [0, 0.05) is 15.9 Å². The van der Waals surface area contributed by atoms with E-state index in [-0.39, 0.29) is 6.42 Å². The number of nitriles is 1. The summed E-state index contributed by atoms with van der Waals surface area (Å²) in [5, 5.41) is 9.37. The summed E-state index contributed by atoms with van der Waals surface area (Å²) in [6.45, 7) is 0. The van der Waals surface area contributed by atoms with Gasteiger partial charge in [0.05, 0.1) is 18.1 Å². The highest BCUT2D eigenvalue weighted by Gasteiger charge is 2.12. The number of rotatable bonds is 5. The molecule has 0 radical (unpaired) electrons. The van der Waals surface area contributed by atoms with E-state index in [0.29, 0.717) is 26.7 Å². The van der Waals surface area contributed by atoms with Crippen LogP contribution in [0.3, 0.4) is 0 Å². The Hall–Kier alpha value is -3.17. The average molecular weight is 381 g/mol. The Kier molecular flexibility index (Phi) is 5.84. The second-order valence-electron chi connectivity index (χ2n) is 5.60. The molecule has 3 aromatic carbocycles. The van der Waals surface area contributed by atoms with E-state index < -0.39 is 17.6 Å². The number of para-hydroxylation sites is 1. The van der Waals surface area contributed by atoms with Gasteiger partial charge in [-0.1, -0.05) is 36.0 Å². The molecule has 0 aliphatic rings. The number of benzene rings is 3. The van der Waals surface area contributed by atoms with Gasteiger partial charge in [-0.3, -0.25) is 4.79 Å². The zero-order chi connectivity index (χ0) is 19.2. The monoisotopic (exact) mass is 381 g/mol. The van der Waals surface area contributed by atoms with E-state index in [1.165, 1.54) is 12.1 Å². The lowest BCUT2D eigenvalue weighted by atomic mass is 10.1. The van der Waals surface area contributed by atoms with Gasteiger partial charge in [-0.15, -0.1) is 0 Å². The zero-order valence-corrected chi connectivity index (χ0v) is 14.8. The summed E-state index contributed by atoms with van der Waals surface area (Å²) in [5.74, 6) is -1.39. The number of esters is 1. The zero-order valence-electron chi connectivity index (χ0n) is 14.0. The molecule has 0 saturated heterocycles. The predicted octanol–water partition coefficient (Wildman–Crippen LogP) is 5.14. The highest BCUT2D eigenvalue weighted by atomic mass is 32.2. The lowest BCUT2D eigenvalue weighted by Crippen LogP contribution is -2.12. The molecular weight excluding hydrogens is 368 g/mol. The van der Waals surface area contributed by atoms with Crippen LogP contribution in [0.25, 0.3) is 0 Å². The SMILES string of the molecule is N#Cc1cc(Sc2cc(F)cc(F)c2)ccc1CC(=O)Oc1ccccc1. The van der Waals surface area contributed by atoms with Crippen molar-refractivity contribution in [2.75, 3.05) is 0 Å². The van der Waals surface area contributed by atoms with Gasteiger partial charge < -0.3 is 4.74 Å². The Labute approximate surface area is 159 Å². The number of nitrogens with zero attached hydrogens (tertiary/aromatic N) is 1. The number of ether oxygens (including phenoxy) is 1. The number of hydrogen-bond donors (Lipinski definition) is 0. The van der Waals surface area contributed by atoms with Crippen LogP contribution >= 0.6 is 11.8 Å². The molecular formula is C21H13F2NO2S. The maximum absolute atomic E-state index is 13.3. The van der Waals surface area contributed by atoms with E-state index in [9.17, 15) is 18.8 Å². The Morgan fingerprint density at radius 1 is 0.963 bits per heavy atom. The van der Waals surface area contributed by atoms with Gasteiger partial charge in [0.2, 0.25) is 0 Å². The first-order valence-corrected chi connectivity index (χ1v) is 8.78. The van der Waals surface area contributed by atoms with Crippen molar-refractivity contribution in [3.63, 3.8) is 0 Å². The van der Waals surface area contributed by atoms with Crippen LogP contribution in [0, 0.1) is 23.0 Å². The van der Waals surface area contributed by atoms with E-state index in [4.69, 9.17) is 4.74 Å². The third-order valence-corrected chi connectivity index (χ3v) is 4.54. The molecule has 0 fully saturated rings. The highest BCUT2D eigenvalue weighted by molar-refractivity contribution is 7.99. The molecule has 0 heterocycles.